The molecule has 0 heterocycles. The smallest absolute Gasteiger partial charge is 0.0409 e. The first kappa shape index (κ1) is 12.8. The number of unbranched alkanes of at least 4 members (excludes halogenated alkanes) is 2. The van der Waals surface area contributed by atoms with Crippen LogP contribution in [-0.2, 0) is 6.54 Å². The molecule has 0 radical (unpaired) electrons. The van der Waals surface area contributed by atoms with E-state index in [-0.39, 0.29) is 0 Å². The van der Waals surface area contributed by atoms with Gasteiger partial charge in [0.25, 0.3) is 0 Å². The summed E-state index contributed by atoms with van der Waals surface area (Å²) in [7, 11) is 0. The summed E-state index contributed by atoms with van der Waals surface area (Å²) in [6, 6.07) is 7.95. The number of halogens is 2. The van der Waals surface area contributed by atoms with Crippen LogP contribution in [0, 0.1) is 0 Å². The lowest BCUT2D eigenvalue weighted by Crippen LogP contribution is -2.14. The van der Waals surface area contributed by atoms with E-state index in [1.165, 1.54) is 18.4 Å². The maximum atomic E-state index is 5.88. The van der Waals surface area contributed by atoms with E-state index >= 15 is 0 Å². The fourth-order valence-corrected chi connectivity index (χ4v) is 1.80. The van der Waals surface area contributed by atoms with Crippen LogP contribution < -0.4 is 5.32 Å². The minimum atomic E-state index is 0.772. The molecule has 0 saturated carbocycles. The highest BCUT2D eigenvalue weighted by Crippen LogP contribution is 2.10. The standard InChI is InChI=1S/C12H17Cl2N/c13-7-2-1-3-8-15-10-11-5-4-6-12(14)9-11/h4-6,9,15H,1-3,7-8,10H2. The first-order valence-electron chi connectivity index (χ1n) is 5.34. The van der Waals surface area contributed by atoms with E-state index < -0.39 is 0 Å². The molecule has 1 aromatic carbocycles. The molecule has 3 heteroatoms. The Morgan fingerprint density at radius 1 is 1.13 bits per heavy atom. The van der Waals surface area contributed by atoms with Gasteiger partial charge in [-0.15, -0.1) is 11.6 Å². The first-order valence-corrected chi connectivity index (χ1v) is 6.25. The van der Waals surface area contributed by atoms with Gasteiger partial charge in [0.15, 0.2) is 0 Å². The van der Waals surface area contributed by atoms with Gasteiger partial charge < -0.3 is 5.32 Å². The molecule has 0 aliphatic rings. The van der Waals surface area contributed by atoms with Crippen LogP contribution in [0.3, 0.4) is 0 Å². The lowest BCUT2D eigenvalue weighted by atomic mass is 10.2. The molecule has 1 rings (SSSR count). The third kappa shape index (κ3) is 6.03. The number of benzene rings is 1. The molecule has 0 aliphatic heterocycles. The highest BCUT2D eigenvalue weighted by molar-refractivity contribution is 6.30. The highest BCUT2D eigenvalue weighted by Gasteiger charge is 1.93. The van der Waals surface area contributed by atoms with Crippen molar-refractivity contribution in [3.05, 3.63) is 34.9 Å². The average Bonchev–Trinajstić information content (AvgIpc) is 2.23. The van der Waals surface area contributed by atoms with E-state index in [4.69, 9.17) is 23.2 Å². The summed E-state index contributed by atoms with van der Waals surface area (Å²) >= 11 is 11.5. The quantitative estimate of drug-likeness (QED) is 0.569. The lowest BCUT2D eigenvalue weighted by molar-refractivity contribution is 0.618. The van der Waals surface area contributed by atoms with Gasteiger partial charge in [-0.05, 0) is 37.1 Å². The Labute approximate surface area is 102 Å². The Kier molecular flexibility index (Phi) is 6.82. The zero-order valence-electron chi connectivity index (χ0n) is 8.81. The molecule has 15 heavy (non-hydrogen) atoms. The molecule has 0 atom stereocenters. The molecule has 0 spiro atoms. The van der Waals surface area contributed by atoms with Gasteiger partial charge in [-0.25, -0.2) is 0 Å². The average molecular weight is 246 g/mol. The molecule has 0 saturated heterocycles. The minimum Gasteiger partial charge on any atom is -0.313 e. The minimum absolute atomic E-state index is 0.772. The van der Waals surface area contributed by atoms with Crippen LogP contribution in [0.1, 0.15) is 24.8 Å². The molecule has 1 N–H and O–H groups in total. The molecule has 0 unspecified atom stereocenters. The van der Waals surface area contributed by atoms with E-state index in [1.54, 1.807) is 0 Å². The van der Waals surface area contributed by atoms with E-state index in [0.717, 1.165) is 30.4 Å². The molecular formula is C12H17Cl2N. The molecule has 0 fully saturated rings. The van der Waals surface area contributed by atoms with Gasteiger partial charge in [-0.3, -0.25) is 0 Å². The van der Waals surface area contributed by atoms with Crippen molar-refractivity contribution in [1.82, 2.24) is 5.32 Å². The van der Waals surface area contributed by atoms with Crippen LogP contribution in [0.15, 0.2) is 24.3 Å². The Hall–Kier alpha value is -0.240. The third-order valence-electron chi connectivity index (χ3n) is 2.21. The topological polar surface area (TPSA) is 12.0 Å². The fourth-order valence-electron chi connectivity index (χ4n) is 1.40. The summed E-state index contributed by atoms with van der Waals surface area (Å²) in [5.41, 5.74) is 1.24. The van der Waals surface area contributed by atoms with E-state index in [1.807, 2.05) is 18.2 Å². The Morgan fingerprint density at radius 3 is 2.73 bits per heavy atom. The molecule has 0 aliphatic carbocycles. The second-order valence-corrected chi connectivity index (χ2v) is 4.37. The van der Waals surface area contributed by atoms with Crippen LogP contribution in [-0.4, -0.2) is 12.4 Å². The second-order valence-electron chi connectivity index (χ2n) is 3.56. The number of alkyl halides is 1. The summed E-state index contributed by atoms with van der Waals surface area (Å²) < 4.78 is 0. The van der Waals surface area contributed by atoms with Crippen molar-refractivity contribution in [2.45, 2.75) is 25.8 Å². The van der Waals surface area contributed by atoms with Crippen molar-refractivity contribution in [2.24, 2.45) is 0 Å². The van der Waals surface area contributed by atoms with Crippen molar-refractivity contribution in [3.63, 3.8) is 0 Å². The normalized spacial score (nSPS) is 10.5. The summed E-state index contributed by atoms with van der Waals surface area (Å²) in [6.45, 7) is 1.94. The molecule has 1 nitrogen and oxygen atoms in total. The predicted molar refractivity (Wildman–Crippen MR) is 67.7 cm³/mol. The van der Waals surface area contributed by atoms with Crippen molar-refractivity contribution in [2.75, 3.05) is 12.4 Å². The lowest BCUT2D eigenvalue weighted by Gasteiger charge is -2.04. The number of nitrogens with one attached hydrogen (secondary N) is 1. The zero-order chi connectivity index (χ0) is 10.9. The highest BCUT2D eigenvalue weighted by atomic mass is 35.5. The number of hydrogen-bond donors (Lipinski definition) is 1. The zero-order valence-corrected chi connectivity index (χ0v) is 10.3. The second kappa shape index (κ2) is 7.98. The number of rotatable bonds is 7. The summed E-state index contributed by atoms with van der Waals surface area (Å²) in [5, 5.41) is 4.19. The van der Waals surface area contributed by atoms with Crippen molar-refractivity contribution in [1.29, 1.82) is 0 Å². The Bertz CT molecular complexity index is 276. The van der Waals surface area contributed by atoms with Crippen molar-refractivity contribution < 1.29 is 0 Å². The predicted octanol–water partition coefficient (Wildman–Crippen LogP) is 3.84. The summed E-state index contributed by atoms with van der Waals surface area (Å²) in [6.07, 6.45) is 3.50. The summed E-state index contributed by atoms with van der Waals surface area (Å²) in [5.74, 6) is 0.772. The molecule has 84 valence electrons. The van der Waals surface area contributed by atoms with Gasteiger partial charge in [0, 0.05) is 17.4 Å². The van der Waals surface area contributed by atoms with Gasteiger partial charge in [-0.1, -0.05) is 30.2 Å². The Balaban J connectivity index is 2.10. The first-order chi connectivity index (χ1) is 7.33. The van der Waals surface area contributed by atoms with E-state index in [2.05, 4.69) is 11.4 Å². The summed E-state index contributed by atoms with van der Waals surface area (Å²) in [4.78, 5) is 0. The molecule has 0 bridgehead atoms. The maximum Gasteiger partial charge on any atom is 0.0409 e. The van der Waals surface area contributed by atoms with Gasteiger partial charge >= 0.3 is 0 Å². The van der Waals surface area contributed by atoms with Gasteiger partial charge in [0.2, 0.25) is 0 Å². The largest absolute Gasteiger partial charge is 0.313 e. The molecule has 0 aromatic heterocycles. The molecule has 0 amide bonds. The molecule has 1 aromatic rings. The van der Waals surface area contributed by atoms with Crippen LogP contribution in [0.5, 0.6) is 0 Å². The third-order valence-corrected chi connectivity index (χ3v) is 2.71. The monoisotopic (exact) mass is 245 g/mol. The van der Waals surface area contributed by atoms with Gasteiger partial charge in [0.1, 0.15) is 0 Å². The van der Waals surface area contributed by atoms with Crippen molar-refractivity contribution in [3.8, 4) is 0 Å². The van der Waals surface area contributed by atoms with E-state index in [0.29, 0.717) is 0 Å². The van der Waals surface area contributed by atoms with Crippen molar-refractivity contribution >= 4 is 23.2 Å². The maximum absolute atomic E-state index is 5.88. The van der Waals surface area contributed by atoms with Crippen LogP contribution in [0.2, 0.25) is 5.02 Å². The van der Waals surface area contributed by atoms with Crippen LogP contribution in [0.4, 0.5) is 0 Å². The van der Waals surface area contributed by atoms with Gasteiger partial charge in [-0.2, -0.15) is 0 Å². The SMILES string of the molecule is ClCCCCCNCc1cccc(Cl)c1. The Morgan fingerprint density at radius 2 is 2.00 bits per heavy atom. The number of hydrogen-bond acceptors (Lipinski definition) is 1. The van der Waals surface area contributed by atoms with Crippen LogP contribution >= 0.6 is 23.2 Å². The molecular weight excluding hydrogens is 229 g/mol. The van der Waals surface area contributed by atoms with E-state index in [9.17, 15) is 0 Å². The van der Waals surface area contributed by atoms with Crippen LogP contribution in [0.25, 0.3) is 0 Å². The fraction of sp³-hybridized carbons (Fsp3) is 0.500. The van der Waals surface area contributed by atoms with Gasteiger partial charge in [0.05, 0.1) is 0 Å².